The zero-order chi connectivity index (χ0) is 14.3. The van der Waals surface area contributed by atoms with Gasteiger partial charge in [-0.1, -0.05) is 0 Å². The molecular formula is C15H32N2O2. The Morgan fingerprint density at radius 2 is 1.53 bits per heavy atom. The van der Waals surface area contributed by atoms with Crippen LogP contribution >= 0.6 is 0 Å². The molecule has 1 fully saturated rings. The van der Waals surface area contributed by atoms with Crippen LogP contribution in [0.25, 0.3) is 0 Å². The quantitative estimate of drug-likeness (QED) is 0.673. The molecule has 19 heavy (non-hydrogen) atoms. The highest BCUT2D eigenvalue weighted by atomic mass is 16.5. The minimum atomic E-state index is 0.338. The predicted octanol–water partition coefficient (Wildman–Crippen LogP) is 1.84. The molecule has 1 rings (SSSR count). The Hall–Kier alpha value is -0.160. The van der Waals surface area contributed by atoms with Crippen molar-refractivity contribution in [2.75, 3.05) is 45.9 Å². The molecular weight excluding hydrogens is 240 g/mol. The first-order chi connectivity index (χ1) is 8.99. The molecule has 4 nitrogen and oxygen atoms in total. The molecule has 0 N–H and O–H groups in total. The number of ether oxygens (including phenoxy) is 2. The van der Waals surface area contributed by atoms with Crippen LogP contribution in [0.5, 0.6) is 0 Å². The zero-order valence-corrected chi connectivity index (χ0v) is 13.4. The largest absolute Gasteiger partial charge is 0.377 e. The molecule has 0 aromatic carbocycles. The lowest BCUT2D eigenvalue weighted by atomic mass is 10.2. The fourth-order valence-electron chi connectivity index (χ4n) is 2.43. The summed E-state index contributed by atoms with van der Waals surface area (Å²) in [4.78, 5) is 5.04. The third kappa shape index (κ3) is 7.25. The highest BCUT2D eigenvalue weighted by Crippen LogP contribution is 2.09. The van der Waals surface area contributed by atoms with Gasteiger partial charge >= 0.3 is 0 Å². The van der Waals surface area contributed by atoms with Gasteiger partial charge in [-0.15, -0.1) is 0 Å². The normalized spacial score (nSPS) is 22.6. The molecule has 1 heterocycles. The van der Waals surface area contributed by atoms with Gasteiger partial charge in [-0.2, -0.15) is 0 Å². The van der Waals surface area contributed by atoms with Crippen molar-refractivity contribution >= 4 is 0 Å². The van der Waals surface area contributed by atoms with Gasteiger partial charge in [-0.25, -0.2) is 0 Å². The summed E-state index contributed by atoms with van der Waals surface area (Å²) in [5.74, 6) is 0. The Labute approximate surface area is 119 Å². The van der Waals surface area contributed by atoms with Crippen molar-refractivity contribution in [2.24, 2.45) is 0 Å². The molecule has 0 spiro atoms. The third-order valence-electron chi connectivity index (χ3n) is 3.54. The maximum atomic E-state index is 5.64. The van der Waals surface area contributed by atoms with Gasteiger partial charge in [0.15, 0.2) is 0 Å². The van der Waals surface area contributed by atoms with Gasteiger partial charge in [-0.05, 0) is 34.6 Å². The van der Waals surface area contributed by atoms with Crippen molar-refractivity contribution in [1.82, 2.24) is 9.80 Å². The second-order valence-corrected chi connectivity index (χ2v) is 6.02. The fourth-order valence-corrected chi connectivity index (χ4v) is 2.43. The Kier molecular flexibility index (Phi) is 7.91. The molecule has 114 valence electrons. The van der Waals surface area contributed by atoms with Crippen molar-refractivity contribution in [3.05, 3.63) is 0 Å². The average Bonchev–Trinajstić information content (AvgIpc) is 2.31. The van der Waals surface area contributed by atoms with E-state index >= 15 is 0 Å². The summed E-state index contributed by atoms with van der Waals surface area (Å²) in [7, 11) is 0. The molecule has 0 amide bonds. The van der Waals surface area contributed by atoms with Crippen molar-refractivity contribution in [1.29, 1.82) is 0 Å². The van der Waals surface area contributed by atoms with Crippen LogP contribution in [0, 0.1) is 0 Å². The van der Waals surface area contributed by atoms with Crippen molar-refractivity contribution < 1.29 is 9.47 Å². The first-order valence-corrected chi connectivity index (χ1v) is 7.68. The molecule has 1 saturated heterocycles. The molecule has 0 saturated carbocycles. The average molecular weight is 272 g/mol. The minimum absolute atomic E-state index is 0.338. The Morgan fingerprint density at radius 1 is 0.947 bits per heavy atom. The summed E-state index contributed by atoms with van der Waals surface area (Å²) in [6.45, 7) is 17.9. The number of rotatable bonds is 8. The van der Waals surface area contributed by atoms with Crippen LogP contribution < -0.4 is 0 Å². The predicted molar refractivity (Wildman–Crippen MR) is 79.7 cm³/mol. The van der Waals surface area contributed by atoms with Crippen molar-refractivity contribution in [3.8, 4) is 0 Å². The Morgan fingerprint density at radius 3 is 2.05 bits per heavy atom. The lowest BCUT2D eigenvalue weighted by Crippen LogP contribution is -2.53. The van der Waals surface area contributed by atoms with Crippen LogP contribution in [0.4, 0.5) is 0 Å². The Bertz CT molecular complexity index is 234. The van der Waals surface area contributed by atoms with Gasteiger partial charge in [0.05, 0.1) is 25.4 Å². The van der Waals surface area contributed by atoms with E-state index in [0.29, 0.717) is 18.2 Å². The highest BCUT2D eigenvalue weighted by Gasteiger charge is 2.22. The standard InChI is InChI=1S/C15H32N2O2/c1-13(2)18-10-8-16-6-7-17(15(5)12-16)9-11-19-14(3)4/h13-15H,6-12H2,1-5H3/t15-/m1/s1. The number of nitrogens with zero attached hydrogens (tertiary/aromatic N) is 2. The van der Waals surface area contributed by atoms with E-state index in [-0.39, 0.29) is 0 Å². The SMILES string of the molecule is CC(C)OCCN1CCN(CCOC(C)C)[C@H](C)C1. The summed E-state index contributed by atoms with van der Waals surface area (Å²) in [5.41, 5.74) is 0. The molecule has 4 heteroatoms. The van der Waals surface area contributed by atoms with Crippen LogP contribution in [0.1, 0.15) is 34.6 Å². The second kappa shape index (κ2) is 8.90. The minimum Gasteiger partial charge on any atom is -0.377 e. The molecule has 0 bridgehead atoms. The molecule has 1 aliphatic rings. The topological polar surface area (TPSA) is 24.9 Å². The first-order valence-electron chi connectivity index (χ1n) is 7.68. The van der Waals surface area contributed by atoms with Crippen LogP contribution in [0.3, 0.4) is 0 Å². The first kappa shape index (κ1) is 16.9. The van der Waals surface area contributed by atoms with Gasteiger partial charge in [-0.3, -0.25) is 9.80 Å². The smallest absolute Gasteiger partial charge is 0.0597 e. The highest BCUT2D eigenvalue weighted by molar-refractivity contribution is 4.78. The summed E-state index contributed by atoms with van der Waals surface area (Å²) in [6.07, 6.45) is 0.677. The molecule has 0 aromatic heterocycles. The van der Waals surface area contributed by atoms with E-state index in [2.05, 4.69) is 44.4 Å². The zero-order valence-electron chi connectivity index (χ0n) is 13.4. The molecule has 1 aliphatic heterocycles. The fraction of sp³-hybridized carbons (Fsp3) is 1.00. The lowest BCUT2D eigenvalue weighted by molar-refractivity contribution is 0.0106. The summed E-state index contributed by atoms with van der Waals surface area (Å²) >= 11 is 0. The monoisotopic (exact) mass is 272 g/mol. The van der Waals surface area contributed by atoms with E-state index in [9.17, 15) is 0 Å². The summed E-state index contributed by atoms with van der Waals surface area (Å²) < 4.78 is 11.3. The van der Waals surface area contributed by atoms with Gasteiger partial charge in [0.25, 0.3) is 0 Å². The van der Waals surface area contributed by atoms with E-state index in [4.69, 9.17) is 9.47 Å². The third-order valence-corrected chi connectivity index (χ3v) is 3.54. The second-order valence-electron chi connectivity index (χ2n) is 6.02. The molecule has 0 unspecified atom stereocenters. The van der Waals surface area contributed by atoms with E-state index < -0.39 is 0 Å². The number of hydrogen-bond acceptors (Lipinski definition) is 4. The maximum absolute atomic E-state index is 5.64. The number of piperazine rings is 1. The van der Waals surface area contributed by atoms with E-state index in [1.807, 2.05) is 0 Å². The van der Waals surface area contributed by atoms with Gasteiger partial charge in [0.1, 0.15) is 0 Å². The maximum Gasteiger partial charge on any atom is 0.0597 e. The lowest BCUT2D eigenvalue weighted by Gasteiger charge is -2.39. The van der Waals surface area contributed by atoms with E-state index in [1.165, 1.54) is 0 Å². The van der Waals surface area contributed by atoms with Gasteiger partial charge in [0.2, 0.25) is 0 Å². The van der Waals surface area contributed by atoms with E-state index in [0.717, 1.165) is 45.9 Å². The molecule has 0 aliphatic carbocycles. The van der Waals surface area contributed by atoms with E-state index in [1.54, 1.807) is 0 Å². The molecule has 1 atom stereocenters. The van der Waals surface area contributed by atoms with Crippen LogP contribution in [-0.4, -0.2) is 74.0 Å². The van der Waals surface area contributed by atoms with Crippen molar-refractivity contribution in [3.63, 3.8) is 0 Å². The molecule has 0 aromatic rings. The van der Waals surface area contributed by atoms with Gasteiger partial charge < -0.3 is 9.47 Å². The molecule has 0 radical (unpaired) electrons. The van der Waals surface area contributed by atoms with Crippen LogP contribution in [-0.2, 0) is 9.47 Å². The van der Waals surface area contributed by atoms with Crippen molar-refractivity contribution in [2.45, 2.75) is 52.9 Å². The summed E-state index contributed by atoms with van der Waals surface area (Å²) in [6, 6.07) is 0.614. The summed E-state index contributed by atoms with van der Waals surface area (Å²) in [5, 5.41) is 0. The van der Waals surface area contributed by atoms with Crippen LogP contribution in [0.15, 0.2) is 0 Å². The number of hydrogen-bond donors (Lipinski definition) is 0. The van der Waals surface area contributed by atoms with Gasteiger partial charge in [0, 0.05) is 38.8 Å². The van der Waals surface area contributed by atoms with Crippen LogP contribution in [0.2, 0.25) is 0 Å². The Balaban J connectivity index is 2.16.